The van der Waals surface area contributed by atoms with E-state index in [4.69, 9.17) is 0 Å². The van der Waals surface area contributed by atoms with Gasteiger partial charge in [0, 0.05) is 30.5 Å². The summed E-state index contributed by atoms with van der Waals surface area (Å²) in [6.07, 6.45) is 0. The smallest absolute Gasteiger partial charge is 0.243 e. The van der Waals surface area contributed by atoms with Crippen LogP contribution in [0.1, 0.15) is 27.7 Å². The molecule has 2 aromatic rings. The quantitative estimate of drug-likeness (QED) is 0.797. The second-order valence-electron chi connectivity index (χ2n) is 7.70. The number of nitrogens with zero attached hydrogens (tertiary/aromatic N) is 1. The molecule has 2 amide bonds. The molecule has 2 rings (SSSR count). The SMILES string of the molecule is CC(=O)Nc1cccc(NC(=O)CN(CC(C)(C)C)c2ccc(F)cc2)c1. The van der Waals surface area contributed by atoms with Gasteiger partial charge in [-0.1, -0.05) is 26.8 Å². The number of hydrogen-bond acceptors (Lipinski definition) is 3. The summed E-state index contributed by atoms with van der Waals surface area (Å²) < 4.78 is 13.2. The largest absolute Gasteiger partial charge is 0.362 e. The number of rotatable bonds is 6. The Morgan fingerprint density at radius 1 is 1.00 bits per heavy atom. The van der Waals surface area contributed by atoms with Crippen LogP contribution in [-0.2, 0) is 9.59 Å². The van der Waals surface area contributed by atoms with Gasteiger partial charge in [0.2, 0.25) is 11.8 Å². The lowest BCUT2D eigenvalue weighted by Gasteiger charge is -2.31. The van der Waals surface area contributed by atoms with E-state index in [2.05, 4.69) is 31.4 Å². The normalized spacial score (nSPS) is 11.0. The van der Waals surface area contributed by atoms with E-state index >= 15 is 0 Å². The molecule has 0 fully saturated rings. The van der Waals surface area contributed by atoms with Crippen LogP contribution in [0.5, 0.6) is 0 Å². The summed E-state index contributed by atoms with van der Waals surface area (Å²) in [6, 6.07) is 13.1. The Kier molecular flexibility index (Phi) is 6.55. The summed E-state index contributed by atoms with van der Waals surface area (Å²) >= 11 is 0. The fourth-order valence-corrected chi connectivity index (χ4v) is 2.71. The Balaban J connectivity index is 2.11. The summed E-state index contributed by atoms with van der Waals surface area (Å²) in [5.41, 5.74) is 1.96. The molecule has 0 unspecified atom stereocenters. The first-order valence-electron chi connectivity index (χ1n) is 8.80. The number of hydrogen-bond donors (Lipinski definition) is 2. The van der Waals surface area contributed by atoms with Crippen LogP contribution in [0.4, 0.5) is 21.5 Å². The molecule has 5 nitrogen and oxygen atoms in total. The molecule has 144 valence electrons. The molecular weight excluding hydrogens is 345 g/mol. The topological polar surface area (TPSA) is 61.4 Å². The van der Waals surface area contributed by atoms with E-state index in [9.17, 15) is 14.0 Å². The second kappa shape index (κ2) is 8.66. The summed E-state index contributed by atoms with van der Waals surface area (Å²) in [5.74, 6) is -0.677. The molecule has 0 saturated heterocycles. The number of amides is 2. The molecule has 0 saturated carbocycles. The number of benzene rings is 2. The molecule has 27 heavy (non-hydrogen) atoms. The van der Waals surface area contributed by atoms with E-state index in [0.717, 1.165) is 5.69 Å². The molecule has 0 aliphatic carbocycles. The third kappa shape index (κ3) is 7.09. The van der Waals surface area contributed by atoms with E-state index in [1.165, 1.54) is 19.1 Å². The van der Waals surface area contributed by atoms with E-state index in [1.54, 1.807) is 36.4 Å². The number of anilines is 3. The molecule has 0 bridgehead atoms. The van der Waals surface area contributed by atoms with Crippen molar-refractivity contribution in [2.45, 2.75) is 27.7 Å². The van der Waals surface area contributed by atoms with Crippen LogP contribution >= 0.6 is 0 Å². The molecule has 0 spiro atoms. The minimum Gasteiger partial charge on any atom is -0.362 e. The first-order valence-corrected chi connectivity index (χ1v) is 8.80. The van der Waals surface area contributed by atoms with Crippen molar-refractivity contribution in [3.05, 3.63) is 54.3 Å². The highest BCUT2D eigenvalue weighted by Gasteiger charge is 2.19. The van der Waals surface area contributed by atoms with Crippen molar-refractivity contribution in [3.8, 4) is 0 Å². The fourth-order valence-electron chi connectivity index (χ4n) is 2.71. The van der Waals surface area contributed by atoms with Gasteiger partial charge < -0.3 is 15.5 Å². The highest BCUT2D eigenvalue weighted by atomic mass is 19.1. The minimum atomic E-state index is -0.311. The van der Waals surface area contributed by atoms with Crippen LogP contribution in [0, 0.1) is 11.2 Å². The van der Waals surface area contributed by atoms with Crippen molar-refractivity contribution in [2.24, 2.45) is 5.41 Å². The third-order valence-corrected chi connectivity index (χ3v) is 3.66. The van der Waals surface area contributed by atoms with Crippen LogP contribution in [0.25, 0.3) is 0 Å². The molecule has 0 radical (unpaired) electrons. The lowest BCUT2D eigenvalue weighted by molar-refractivity contribution is -0.115. The van der Waals surface area contributed by atoms with Crippen LogP contribution < -0.4 is 15.5 Å². The predicted molar refractivity (Wildman–Crippen MR) is 107 cm³/mol. The number of nitrogens with one attached hydrogen (secondary N) is 2. The van der Waals surface area contributed by atoms with Crippen LogP contribution in [0.2, 0.25) is 0 Å². The van der Waals surface area contributed by atoms with Gasteiger partial charge in [-0.15, -0.1) is 0 Å². The van der Waals surface area contributed by atoms with Crippen molar-refractivity contribution < 1.29 is 14.0 Å². The molecule has 0 aromatic heterocycles. The molecular formula is C21H26FN3O2. The summed E-state index contributed by atoms with van der Waals surface area (Å²) in [7, 11) is 0. The first kappa shape index (κ1) is 20.4. The highest BCUT2D eigenvalue weighted by molar-refractivity contribution is 5.95. The van der Waals surface area contributed by atoms with Gasteiger partial charge in [0.25, 0.3) is 0 Å². The third-order valence-electron chi connectivity index (χ3n) is 3.66. The minimum absolute atomic E-state index is 0.0417. The zero-order valence-electron chi connectivity index (χ0n) is 16.2. The molecule has 0 heterocycles. The Hall–Kier alpha value is -2.89. The van der Waals surface area contributed by atoms with Gasteiger partial charge in [-0.25, -0.2) is 4.39 Å². The maximum atomic E-state index is 13.2. The Bertz CT molecular complexity index is 798. The number of carbonyl (C=O) groups is 2. The van der Waals surface area contributed by atoms with Crippen molar-refractivity contribution in [1.82, 2.24) is 0 Å². The average Bonchev–Trinajstić information content (AvgIpc) is 2.53. The van der Waals surface area contributed by atoms with Crippen molar-refractivity contribution >= 4 is 28.9 Å². The van der Waals surface area contributed by atoms with Gasteiger partial charge in [-0.2, -0.15) is 0 Å². The van der Waals surface area contributed by atoms with Gasteiger partial charge in [0.1, 0.15) is 5.82 Å². The van der Waals surface area contributed by atoms with Gasteiger partial charge in [0.05, 0.1) is 6.54 Å². The number of halogens is 1. The Morgan fingerprint density at radius 3 is 2.15 bits per heavy atom. The first-order chi connectivity index (χ1) is 12.6. The van der Waals surface area contributed by atoms with Crippen LogP contribution in [0.15, 0.2) is 48.5 Å². The van der Waals surface area contributed by atoms with Gasteiger partial charge in [-0.05, 0) is 47.9 Å². The fraction of sp³-hybridized carbons (Fsp3) is 0.333. The summed E-state index contributed by atoms with van der Waals surface area (Å²) in [6.45, 7) is 8.44. The van der Waals surface area contributed by atoms with Crippen molar-refractivity contribution in [3.63, 3.8) is 0 Å². The standard InChI is InChI=1S/C21H26FN3O2/c1-15(26)23-17-6-5-7-18(12-17)24-20(27)13-25(14-21(2,3)4)19-10-8-16(22)9-11-19/h5-12H,13-14H2,1-4H3,(H,23,26)(H,24,27). The zero-order chi connectivity index (χ0) is 20.0. The maximum Gasteiger partial charge on any atom is 0.243 e. The summed E-state index contributed by atoms with van der Waals surface area (Å²) in [4.78, 5) is 25.7. The Morgan fingerprint density at radius 2 is 1.59 bits per heavy atom. The van der Waals surface area contributed by atoms with Gasteiger partial charge in [-0.3, -0.25) is 9.59 Å². The Labute approximate surface area is 159 Å². The van der Waals surface area contributed by atoms with E-state index < -0.39 is 0 Å². The van der Waals surface area contributed by atoms with Crippen molar-refractivity contribution in [2.75, 3.05) is 28.6 Å². The molecule has 0 atom stereocenters. The zero-order valence-corrected chi connectivity index (χ0v) is 16.2. The second-order valence-corrected chi connectivity index (χ2v) is 7.70. The molecule has 2 aromatic carbocycles. The lowest BCUT2D eigenvalue weighted by atomic mass is 9.95. The van der Waals surface area contributed by atoms with E-state index in [1.807, 2.05) is 4.90 Å². The van der Waals surface area contributed by atoms with Crippen molar-refractivity contribution in [1.29, 1.82) is 0 Å². The lowest BCUT2D eigenvalue weighted by Crippen LogP contribution is -2.38. The molecule has 6 heteroatoms. The van der Waals surface area contributed by atoms with E-state index in [-0.39, 0.29) is 29.6 Å². The van der Waals surface area contributed by atoms with Crippen LogP contribution in [0.3, 0.4) is 0 Å². The monoisotopic (exact) mass is 371 g/mol. The number of carbonyl (C=O) groups excluding carboxylic acids is 2. The molecule has 0 aliphatic heterocycles. The van der Waals surface area contributed by atoms with Crippen LogP contribution in [-0.4, -0.2) is 24.9 Å². The predicted octanol–water partition coefficient (Wildman–Crippen LogP) is 4.28. The highest BCUT2D eigenvalue weighted by Crippen LogP contribution is 2.22. The summed E-state index contributed by atoms with van der Waals surface area (Å²) in [5, 5.41) is 5.53. The maximum absolute atomic E-state index is 13.2. The molecule has 0 aliphatic rings. The van der Waals surface area contributed by atoms with E-state index in [0.29, 0.717) is 17.9 Å². The van der Waals surface area contributed by atoms with Gasteiger partial charge in [0.15, 0.2) is 0 Å². The van der Waals surface area contributed by atoms with Gasteiger partial charge >= 0.3 is 0 Å². The molecule has 2 N–H and O–H groups in total. The average molecular weight is 371 g/mol.